The van der Waals surface area contributed by atoms with Gasteiger partial charge in [0.15, 0.2) is 40.5 Å². The van der Waals surface area contributed by atoms with Gasteiger partial charge in [-0.05, 0) is 77.9 Å². The summed E-state index contributed by atoms with van der Waals surface area (Å²) < 4.78 is 7.70. The maximum atomic E-state index is 5.46. The van der Waals surface area contributed by atoms with Crippen molar-refractivity contribution in [2.75, 3.05) is 7.05 Å². The second-order valence-corrected chi connectivity index (χ2v) is 24.5. The lowest BCUT2D eigenvalue weighted by Gasteiger charge is -2.31. The highest BCUT2D eigenvalue weighted by Crippen LogP contribution is 2.63. The first-order valence-electron chi connectivity index (χ1n) is 32.1. The minimum absolute atomic E-state index is 0.334. The van der Waals surface area contributed by atoms with Crippen LogP contribution in [0.4, 0.5) is 17.1 Å². The number of hydrogen-bond acceptors (Lipinski definition) is 6. The molecule has 13 aromatic carbocycles. The van der Waals surface area contributed by atoms with Gasteiger partial charge in [-0.2, -0.15) is 9.97 Å². The van der Waals surface area contributed by atoms with Crippen LogP contribution in [0, 0.1) is 0 Å². The average Bonchev–Trinajstić information content (AvgIpc) is 1.51. The molecule has 1 aliphatic rings. The van der Waals surface area contributed by atoms with Crippen LogP contribution in [0.3, 0.4) is 0 Å². The third-order valence-electron chi connectivity index (χ3n) is 19.1. The Balaban J connectivity index is 0.860. The predicted octanol–water partition coefficient (Wildman–Crippen LogP) is 20.9. The Bertz CT molecular complexity index is 5970. The smallest absolute Gasteiger partial charge is 0.238 e. The molecule has 95 heavy (non-hydrogen) atoms. The molecule has 10 nitrogen and oxygen atoms in total. The Morgan fingerprint density at radius 1 is 0.242 bits per heavy atom. The number of rotatable bonds is 10. The maximum absolute atomic E-state index is 5.46. The molecule has 1 aliphatic heterocycles. The summed E-state index contributed by atoms with van der Waals surface area (Å²) in [6, 6.07) is 112. The zero-order valence-corrected chi connectivity index (χ0v) is 51.5. The fourth-order valence-electron chi connectivity index (χ4n) is 14.9. The van der Waals surface area contributed by atoms with Crippen molar-refractivity contribution in [2.45, 2.75) is 0 Å². The van der Waals surface area contributed by atoms with Crippen LogP contribution in [-0.2, 0) is 0 Å². The minimum Gasteiger partial charge on any atom is -0.307 e. The van der Waals surface area contributed by atoms with Gasteiger partial charge in [0.2, 0.25) is 5.95 Å². The number of para-hydroxylation sites is 4. The van der Waals surface area contributed by atoms with Gasteiger partial charge in [-0.3, -0.25) is 4.57 Å². The number of nitrogens with zero attached hydrogens (tertiary/aromatic N) is 10. The molecule has 10 heteroatoms. The minimum atomic E-state index is 0.334. The van der Waals surface area contributed by atoms with E-state index < -0.39 is 0 Å². The topological polar surface area (TPSA) is 92.1 Å². The molecular formula is C85H55N10+. The Morgan fingerprint density at radius 3 is 1.13 bits per heavy atom. The van der Waals surface area contributed by atoms with E-state index in [0.717, 1.165) is 133 Å². The number of aromatic nitrogens is 9. The molecule has 19 rings (SSSR count). The molecule has 1 unspecified atom stereocenters. The molecule has 5 aromatic heterocycles. The van der Waals surface area contributed by atoms with Gasteiger partial charge in [-0.15, -0.1) is 0 Å². The van der Waals surface area contributed by atoms with Crippen LogP contribution in [0.15, 0.2) is 315 Å². The van der Waals surface area contributed by atoms with Gasteiger partial charge >= 0.3 is 0 Å². The van der Waals surface area contributed by atoms with Crippen molar-refractivity contribution in [1.29, 1.82) is 0 Å². The van der Waals surface area contributed by atoms with E-state index in [2.05, 4.69) is 239 Å². The predicted molar refractivity (Wildman–Crippen MR) is 388 cm³/mol. The number of quaternary nitrogens is 1. The average molecular weight is 1220 g/mol. The monoisotopic (exact) mass is 1220 g/mol. The van der Waals surface area contributed by atoms with Crippen molar-refractivity contribution in [3.8, 4) is 96.5 Å². The molecule has 0 aliphatic carbocycles. The van der Waals surface area contributed by atoms with E-state index in [-0.39, 0.29) is 0 Å². The molecule has 0 radical (unpaired) electrons. The first-order valence-corrected chi connectivity index (χ1v) is 32.1. The van der Waals surface area contributed by atoms with Gasteiger partial charge in [0.25, 0.3) is 0 Å². The summed E-state index contributed by atoms with van der Waals surface area (Å²) in [6.07, 6.45) is 0. The molecule has 18 aromatic rings. The Kier molecular flexibility index (Phi) is 12.2. The quantitative estimate of drug-likeness (QED) is 0.127. The highest BCUT2D eigenvalue weighted by atomic mass is 15.4. The maximum Gasteiger partial charge on any atom is 0.238 e. The van der Waals surface area contributed by atoms with Crippen molar-refractivity contribution < 1.29 is 0 Å². The van der Waals surface area contributed by atoms with E-state index in [1.807, 2.05) is 97.1 Å². The van der Waals surface area contributed by atoms with Gasteiger partial charge in [0.05, 0.1) is 40.2 Å². The summed E-state index contributed by atoms with van der Waals surface area (Å²) in [6.45, 7) is 0. The van der Waals surface area contributed by atoms with E-state index in [1.54, 1.807) is 0 Å². The third-order valence-corrected chi connectivity index (χ3v) is 19.1. The summed E-state index contributed by atoms with van der Waals surface area (Å²) in [7, 11) is 2.39. The standard InChI is InChI=1S/C85H55N10/c1-95(63-40-18-7-19-41-63)78-70(71-50-48-67-65-43-21-23-45-73(65)94(77(67)79(71)95)85-90-82(56-30-12-4-13-31-56)89-83(91-85)57-32-14-5-15-33-57)51-49-69-68-47-46-66-64-42-20-22-44-72(64)92(74(66)75(68)93(76(69)78)61-37-16-6-17-38-61)62-39-25-35-59(53-62)58-34-24-36-60(52-58)84-87-80(54-26-8-2-9-27-54)86-81(88-84)55-28-10-3-11-29-55/h2-53H,1H3/q+1. The molecule has 1 atom stereocenters. The van der Waals surface area contributed by atoms with Gasteiger partial charge in [-0.1, -0.05) is 249 Å². The number of benzene rings is 13. The Labute approximate surface area is 546 Å². The normalized spacial score (nSPS) is 13.6. The van der Waals surface area contributed by atoms with Crippen LogP contribution < -0.4 is 4.48 Å². The first kappa shape index (κ1) is 54.0. The molecule has 6 heterocycles. The summed E-state index contributed by atoms with van der Waals surface area (Å²) in [5, 5.41) is 6.84. The van der Waals surface area contributed by atoms with E-state index in [0.29, 0.717) is 39.6 Å². The van der Waals surface area contributed by atoms with Crippen LogP contribution in [0.5, 0.6) is 0 Å². The van der Waals surface area contributed by atoms with Crippen LogP contribution >= 0.6 is 0 Å². The highest BCUT2D eigenvalue weighted by Gasteiger charge is 2.48. The van der Waals surface area contributed by atoms with Gasteiger partial charge in [-0.25, -0.2) is 24.4 Å². The van der Waals surface area contributed by atoms with E-state index in [1.165, 1.54) is 11.1 Å². The van der Waals surface area contributed by atoms with Gasteiger partial charge in [0, 0.05) is 71.5 Å². The van der Waals surface area contributed by atoms with Crippen molar-refractivity contribution in [1.82, 2.24) is 48.1 Å². The lowest BCUT2D eigenvalue weighted by Crippen LogP contribution is -2.32. The molecule has 0 spiro atoms. The van der Waals surface area contributed by atoms with Crippen LogP contribution in [0.25, 0.3) is 162 Å². The molecule has 0 N–H and O–H groups in total. The molecule has 0 bridgehead atoms. The third kappa shape index (κ3) is 8.41. The lowest BCUT2D eigenvalue weighted by molar-refractivity contribution is 0.648. The van der Waals surface area contributed by atoms with Crippen molar-refractivity contribution in [3.05, 3.63) is 315 Å². The molecule has 0 saturated heterocycles. The van der Waals surface area contributed by atoms with Crippen LogP contribution in [0.2, 0.25) is 0 Å². The SMILES string of the molecule is C[N+]1(c2ccccc2)c2c(ccc3c4ccccc4n(-c4nc(-c5ccccc5)nc(-c5ccccc5)n4)c23)-c2ccc3c4ccc5c6ccccc6n(-c6cccc(-c7cccc(-c8nc(-c9ccccc9)nc(-c9ccccc9)n8)c7)c6)c5c4n(-c4ccccc4)c3c21. The van der Waals surface area contributed by atoms with Crippen molar-refractivity contribution in [3.63, 3.8) is 0 Å². The van der Waals surface area contributed by atoms with E-state index >= 15 is 0 Å². The zero-order valence-electron chi connectivity index (χ0n) is 51.5. The second-order valence-electron chi connectivity index (χ2n) is 24.5. The highest BCUT2D eigenvalue weighted by molar-refractivity contribution is 6.28. The second kappa shape index (κ2) is 21.4. The molecule has 0 fully saturated rings. The summed E-state index contributed by atoms with van der Waals surface area (Å²) in [4.78, 5) is 31.4. The largest absolute Gasteiger partial charge is 0.307 e. The summed E-state index contributed by atoms with van der Waals surface area (Å²) in [5.41, 5.74) is 21.0. The first-order chi connectivity index (χ1) is 47.0. The Morgan fingerprint density at radius 2 is 0.589 bits per heavy atom. The number of fused-ring (bicyclic) bond motifs is 15. The molecule has 0 saturated carbocycles. The van der Waals surface area contributed by atoms with E-state index in [4.69, 9.17) is 29.9 Å². The number of hydrogen-bond donors (Lipinski definition) is 0. The molecular weight excluding hydrogens is 1160 g/mol. The van der Waals surface area contributed by atoms with E-state index in [9.17, 15) is 0 Å². The lowest BCUT2D eigenvalue weighted by atomic mass is 10.0. The summed E-state index contributed by atoms with van der Waals surface area (Å²) in [5.74, 6) is 3.59. The Hall–Kier alpha value is -12.8. The van der Waals surface area contributed by atoms with Crippen LogP contribution in [0.1, 0.15) is 0 Å². The van der Waals surface area contributed by atoms with Gasteiger partial charge < -0.3 is 9.13 Å². The fourth-order valence-corrected chi connectivity index (χ4v) is 14.9. The van der Waals surface area contributed by atoms with Crippen molar-refractivity contribution in [2.24, 2.45) is 0 Å². The van der Waals surface area contributed by atoms with Gasteiger partial charge in [0.1, 0.15) is 16.7 Å². The van der Waals surface area contributed by atoms with Crippen molar-refractivity contribution >= 4 is 82.5 Å². The zero-order chi connectivity index (χ0) is 62.7. The van der Waals surface area contributed by atoms with Crippen LogP contribution in [-0.4, -0.2) is 50.7 Å². The summed E-state index contributed by atoms with van der Waals surface area (Å²) >= 11 is 0. The fraction of sp³-hybridized carbons (Fsp3) is 0.0118. The molecule has 444 valence electrons. The molecule has 0 amide bonds.